The Hall–Kier alpha value is -2.67. The lowest BCUT2D eigenvalue weighted by atomic mass is 10.00. The number of rotatable bonds is 3. The molecule has 2 heterocycles. The molecule has 2 aliphatic rings. The molecule has 6 nitrogen and oxygen atoms in total. The molecular formula is C22H24N2O4S. The maximum absolute atomic E-state index is 12.9. The summed E-state index contributed by atoms with van der Waals surface area (Å²) in [7, 11) is 0. The molecule has 0 fully saturated rings. The van der Waals surface area contributed by atoms with Crippen LogP contribution >= 0.6 is 11.3 Å². The summed E-state index contributed by atoms with van der Waals surface area (Å²) in [6, 6.07) is 9.02. The van der Waals surface area contributed by atoms with Crippen molar-refractivity contribution in [3.63, 3.8) is 0 Å². The number of aryl methyl sites for hydroxylation is 2. The van der Waals surface area contributed by atoms with E-state index in [0.717, 1.165) is 25.7 Å². The van der Waals surface area contributed by atoms with Crippen LogP contribution in [-0.2, 0) is 27.2 Å². The fraction of sp³-hybridized carbons (Fsp3) is 0.409. The van der Waals surface area contributed by atoms with Crippen molar-refractivity contribution in [1.82, 2.24) is 0 Å². The lowest BCUT2D eigenvalue weighted by molar-refractivity contribution is -0.128. The number of fused-ring (bicyclic) bond motifs is 2. The van der Waals surface area contributed by atoms with Crippen molar-refractivity contribution in [2.24, 2.45) is 0 Å². The van der Waals surface area contributed by atoms with E-state index in [4.69, 9.17) is 4.74 Å². The molecule has 7 heteroatoms. The van der Waals surface area contributed by atoms with Crippen LogP contribution in [0.3, 0.4) is 0 Å². The first-order valence-corrected chi connectivity index (χ1v) is 10.9. The van der Waals surface area contributed by atoms with Gasteiger partial charge in [0.2, 0.25) is 5.91 Å². The second kappa shape index (κ2) is 8.37. The first kappa shape index (κ1) is 19.6. The molecule has 1 aliphatic heterocycles. The van der Waals surface area contributed by atoms with Gasteiger partial charge in [-0.15, -0.1) is 11.3 Å². The van der Waals surface area contributed by atoms with E-state index in [2.05, 4.69) is 5.32 Å². The quantitative estimate of drug-likeness (QED) is 0.775. The van der Waals surface area contributed by atoms with E-state index in [9.17, 15) is 14.4 Å². The molecule has 29 heavy (non-hydrogen) atoms. The summed E-state index contributed by atoms with van der Waals surface area (Å²) in [6.07, 6.45) is 5.76. The molecule has 0 unspecified atom stereocenters. The van der Waals surface area contributed by atoms with Crippen molar-refractivity contribution in [1.29, 1.82) is 0 Å². The Kier molecular flexibility index (Phi) is 5.67. The molecule has 0 saturated heterocycles. The Balaban J connectivity index is 1.47. The Morgan fingerprint density at radius 1 is 1.14 bits per heavy atom. The highest BCUT2D eigenvalue weighted by molar-refractivity contribution is 7.14. The lowest BCUT2D eigenvalue weighted by Crippen LogP contribution is -2.47. The summed E-state index contributed by atoms with van der Waals surface area (Å²) < 4.78 is 5.49. The van der Waals surface area contributed by atoms with Crippen molar-refractivity contribution in [2.45, 2.75) is 51.6 Å². The van der Waals surface area contributed by atoms with Crippen molar-refractivity contribution >= 4 is 40.5 Å². The van der Waals surface area contributed by atoms with Gasteiger partial charge in [-0.1, -0.05) is 25.0 Å². The van der Waals surface area contributed by atoms with Crippen molar-refractivity contribution < 1.29 is 19.1 Å². The van der Waals surface area contributed by atoms with Crippen LogP contribution in [0.15, 0.2) is 30.3 Å². The van der Waals surface area contributed by atoms with Gasteiger partial charge in [0.15, 0.2) is 6.10 Å². The molecular weight excluding hydrogens is 388 g/mol. The zero-order chi connectivity index (χ0) is 20.4. The van der Waals surface area contributed by atoms with E-state index in [-0.39, 0.29) is 12.5 Å². The molecule has 0 bridgehead atoms. The number of para-hydroxylation sites is 2. The Morgan fingerprint density at radius 3 is 2.72 bits per heavy atom. The van der Waals surface area contributed by atoms with Gasteiger partial charge in [0.1, 0.15) is 11.4 Å². The number of hydrogen-bond donors (Lipinski definition) is 1. The number of thiophene rings is 1. The number of hydrogen-bond acceptors (Lipinski definition) is 5. The van der Waals surface area contributed by atoms with Crippen molar-refractivity contribution in [3.8, 4) is 0 Å². The van der Waals surface area contributed by atoms with Crippen LogP contribution in [0.25, 0.3) is 0 Å². The molecule has 2 amide bonds. The lowest BCUT2D eigenvalue weighted by Gasteiger charge is -2.30. The molecule has 1 aromatic heterocycles. The highest BCUT2D eigenvalue weighted by Crippen LogP contribution is 2.31. The van der Waals surface area contributed by atoms with Gasteiger partial charge < -0.3 is 10.1 Å². The van der Waals surface area contributed by atoms with Crippen LogP contribution in [0.4, 0.5) is 11.4 Å². The molecule has 1 aliphatic carbocycles. The fourth-order valence-electron chi connectivity index (χ4n) is 3.86. The molecule has 0 radical (unpaired) electrons. The Bertz CT molecular complexity index is 927. The maximum Gasteiger partial charge on any atom is 0.349 e. The van der Waals surface area contributed by atoms with Crippen LogP contribution in [0.2, 0.25) is 0 Å². The summed E-state index contributed by atoms with van der Waals surface area (Å²) in [5, 5.41) is 2.75. The summed E-state index contributed by atoms with van der Waals surface area (Å²) in [4.78, 5) is 40.8. The maximum atomic E-state index is 12.9. The summed E-state index contributed by atoms with van der Waals surface area (Å²) >= 11 is 1.48. The summed E-state index contributed by atoms with van der Waals surface area (Å²) in [6.45, 7) is 1.46. The topological polar surface area (TPSA) is 75.7 Å². The molecule has 0 saturated carbocycles. The minimum atomic E-state index is -0.980. The average molecular weight is 413 g/mol. The third kappa shape index (κ3) is 4.19. The minimum Gasteiger partial charge on any atom is -0.448 e. The Labute approximate surface area is 173 Å². The van der Waals surface area contributed by atoms with Gasteiger partial charge in [-0.3, -0.25) is 14.5 Å². The average Bonchev–Trinajstić information content (AvgIpc) is 3.08. The van der Waals surface area contributed by atoms with Crippen LogP contribution in [0.5, 0.6) is 0 Å². The van der Waals surface area contributed by atoms with Gasteiger partial charge in [-0.05, 0) is 56.4 Å². The number of esters is 1. The number of amides is 2. The van der Waals surface area contributed by atoms with Crippen LogP contribution in [0.1, 0.15) is 52.7 Å². The van der Waals surface area contributed by atoms with Gasteiger partial charge >= 0.3 is 5.97 Å². The van der Waals surface area contributed by atoms with E-state index >= 15 is 0 Å². The molecule has 0 spiro atoms. The minimum absolute atomic E-state index is 0.0922. The van der Waals surface area contributed by atoms with Crippen LogP contribution in [0, 0.1) is 0 Å². The number of nitrogens with one attached hydrogen (secondary N) is 1. The van der Waals surface area contributed by atoms with Crippen LogP contribution < -0.4 is 10.2 Å². The standard InChI is InChI=1S/C22H24N2O4S/c1-14(21(26)24-13-20(25)23-16-9-6-7-10-17(16)24)28-22(27)19-12-15-8-4-2-3-5-11-18(15)29-19/h6-7,9-10,12,14H,2-5,8,11,13H2,1H3,(H,23,25)/t14-/m1/s1. The van der Waals surface area contributed by atoms with Crippen molar-refractivity contribution in [3.05, 3.63) is 45.6 Å². The second-order valence-electron chi connectivity index (χ2n) is 7.51. The first-order valence-electron chi connectivity index (χ1n) is 10.1. The normalized spacial score (nSPS) is 17.3. The number of benzene rings is 1. The summed E-state index contributed by atoms with van der Waals surface area (Å²) in [5.41, 5.74) is 2.43. The highest BCUT2D eigenvalue weighted by atomic mass is 32.1. The first-order chi connectivity index (χ1) is 14.0. The zero-order valence-electron chi connectivity index (χ0n) is 16.4. The molecule has 1 atom stereocenters. The zero-order valence-corrected chi connectivity index (χ0v) is 17.2. The molecule has 152 valence electrons. The Morgan fingerprint density at radius 2 is 1.90 bits per heavy atom. The second-order valence-corrected chi connectivity index (χ2v) is 8.65. The molecule has 1 aromatic carbocycles. The number of ether oxygens (including phenoxy) is 1. The van der Waals surface area contributed by atoms with E-state index in [1.165, 1.54) is 39.5 Å². The van der Waals surface area contributed by atoms with E-state index in [1.807, 2.05) is 6.07 Å². The summed E-state index contributed by atoms with van der Waals surface area (Å²) in [5.74, 6) is -1.15. The highest BCUT2D eigenvalue weighted by Gasteiger charge is 2.32. The van der Waals surface area contributed by atoms with Gasteiger partial charge in [-0.2, -0.15) is 0 Å². The predicted molar refractivity (Wildman–Crippen MR) is 112 cm³/mol. The largest absolute Gasteiger partial charge is 0.448 e. The number of carbonyl (C=O) groups excluding carboxylic acids is 3. The van der Waals surface area contributed by atoms with Crippen molar-refractivity contribution in [2.75, 3.05) is 16.8 Å². The monoisotopic (exact) mass is 412 g/mol. The van der Waals surface area contributed by atoms with E-state index < -0.39 is 18.0 Å². The number of anilines is 2. The van der Waals surface area contributed by atoms with Gasteiger partial charge in [0.05, 0.1) is 11.4 Å². The van der Waals surface area contributed by atoms with Gasteiger partial charge in [0.25, 0.3) is 5.91 Å². The smallest absolute Gasteiger partial charge is 0.349 e. The predicted octanol–water partition coefficient (Wildman–Crippen LogP) is 3.94. The molecule has 4 rings (SSSR count). The third-order valence-electron chi connectivity index (χ3n) is 5.37. The molecule has 1 N–H and O–H groups in total. The van der Waals surface area contributed by atoms with Crippen LogP contribution in [-0.4, -0.2) is 30.4 Å². The van der Waals surface area contributed by atoms with E-state index in [1.54, 1.807) is 31.2 Å². The third-order valence-corrected chi connectivity index (χ3v) is 6.58. The molecule has 2 aromatic rings. The number of carbonyl (C=O) groups is 3. The SMILES string of the molecule is C[C@@H](OC(=O)c1cc2c(s1)CCCCCC2)C(=O)N1CC(=O)Nc2ccccc21. The van der Waals surface area contributed by atoms with Gasteiger partial charge in [0, 0.05) is 4.88 Å². The number of nitrogens with zero attached hydrogens (tertiary/aromatic N) is 1. The fourth-order valence-corrected chi connectivity index (χ4v) is 5.00. The van der Waals surface area contributed by atoms with Gasteiger partial charge in [-0.25, -0.2) is 4.79 Å². The van der Waals surface area contributed by atoms with E-state index in [0.29, 0.717) is 16.3 Å².